The van der Waals surface area contributed by atoms with Gasteiger partial charge in [-0.2, -0.15) is 21.0 Å². The molecule has 0 radical (unpaired) electrons. The largest absolute Gasteiger partial charge is 0.398 e. The summed E-state index contributed by atoms with van der Waals surface area (Å²) >= 11 is 0. The topological polar surface area (TPSA) is 126 Å². The van der Waals surface area contributed by atoms with E-state index in [1.54, 1.807) is 36.4 Å². The van der Waals surface area contributed by atoms with Gasteiger partial charge in [-0.05, 0) is 70.8 Å². The minimum Gasteiger partial charge on any atom is -0.398 e. The van der Waals surface area contributed by atoms with E-state index in [2.05, 4.69) is 83.5 Å². The number of anilines is 1. The third-order valence-corrected chi connectivity index (χ3v) is 9.69. The van der Waals surface area contributed by atoms with Crippen LogP contribution in [0.4, 0.5) is 5.69 Å². The maximum Gasteiger partial charge on any atom is 0.101 e. The fourth-order valence-electron chi connectivity index (χ4n) is 7.44. The minimum absolute atomic E-state index is 0.119. The van der Waals surface area contributed by atoms with E-state index in [1.807, 2.05) is 42.5 Å². The molecule has 232 valence electrons. The standard InChI is InChI=1S/C44H26N6/c45-23-27-9-15-31(16-10-27)39-36(26-48)40(32-17-11-28(24-46)12-18-32)44(41(43(39)49)33-19-13-29(25-47)14-20-33)50-37-8-4-3-7-35(37)42-34-6-2-1-5-30(34)21-22-38(42)50/h1-22,30,34H,49H2/t30?,34-/m0/s1. The second-order valence-electron chi connectivity index (χ2n) is 12.3. The van der Waals surface area contributed by atoms with Crippen molar-refractivity contribution in [2.45, 2.75) is 5.92 Å². The van der Waals surface area contributed by atoms with E-state index >= 15 is 0 Å². The van der Waals surface area contributed by atoms with Crippen LogP contribution >= 0.6 is 0 Å². The summed E-state index contributed by atoms with van der Waals surface area (Å²) in [6.07, 6.45) is 13.0. The number of nitrogens with two attached hydrogens (primary N) is 1. The van der Waals surface area contributed by atoms with E-state index in [1.165, 1.54) is 5.56 Å². The van der Waals surface area contributed by atoms with Gasteiger partial charge in [-0.3, -0.25) is 0 Å². The maximum absolute atomic E-state index is 11.1. The van der Waals surface area contributed by atoms with Gasteiger partial charge in [0.05, 0.1) is 63.0 Å². The summed E-state index contributed by atoms with van der Waals surface area (Å²) in [5.41, 5.74) is 17.6. The van der Waals surface area contributed by atoms with Gasteiger partial charge in [0.25, 0.3) is 0 Å². The number of fused-ring (bicyclic) bond motifs is 5. The first kappa shape index (κ1) is 30.0. The quantitative estimate of drug-likeness (QED) is 0.192. The predicted molar refractivity (Wildman–Crippen MR) is 196 cm³/mol. The van der Waals surface area contributed by atoms with Gasteiger partial charge in [-0.25, -0.2) is 0 Å². The molecule has 6 nitrogen and oxygen atoms in total. The summed E-state index contributed by atoms with van der Waals surface area (Å²) < 4.78 is 2.23. The zero-order chi connectivity index (χ0) is 34.4. The SMILES string of the molecule is N#Cc1ccc(-c2c(N)c(-c3ccc(C#N)cc3)c(-n3c4c(c5ccccc53)[C@H]3C=CC=CC3C=C4)c(-c3ccc(C#N)cc3)c2C#N)cc1. The molecule has 6 heteroatoms. The van der Waals surface area contributed by atoms with Gasteiger partial charge in [0.1, 0.15) is 6.07 Å². The Morgan fingerprint density at radius 1 is 0.560 bits per heavy atom. The number of nitrogen functional groups attached to an aromatic ring is 1. The van der Waals surface area contributed by atoms with Gasteiger partial charge in [0, 0.05) is 33.9 Å². The number of aromatic nitrogens is 1. The third kappa shape index (κ3) is 4.61. The number of hydrogen-bond donors (Lipinski definition) is 1. The number of nitrogens with zero attached hydrogens (tertiary/aromatic N) is 5. The van der Waals surface area contributed by atoms with Crippen molar-refractivity contribution in [1.29, 1.82) is 21.0 Å². The first-order valence-corrected chi connectivity index (χ1v) is 16.1. The van der Waals surface area contributed by atoms with E-state index in [4.69, 9.17) is 5.73 Å². The lowest BCUT2D eigenvalue weighted by molar-refractivity contribution is 0.693. The first-order chi connectivity index (χ1) is 24.6. The van der Waals surface area contributed by atoms with Crippen molar-refractivity contribution in [3.05, 3.63) is 161 Å². The lowest BCUT2D eigenvalue weighted by Gasteiger charge is -2.28. The van der Waals surface area contributed by atoms with Crippen LogP contribution in [0.15, 0.2) is 127 Å². The molecule has 5 aromatic carbocycles. The Balaban J connectivity index is 1.59. The summed E-state index contributed by atoms with van der Waals surface area (Å²) in [6, 6.07) is 39.1. The van der Waals surface area contributed by atoms with E-state index in [9.17, 15) is 21.0 Å². The fraction of sp³-hybridized carbons (Fsp3) is 0.0455. The van der Waals surface area contributed by atoms with Crippen molar-refractivity contribution in [2.75, 3.05) is 5.73 Å². The normalized spacial score (nSPS) is 15.4. The number of hydrogen-bond acceptors (Lipinski definition) is 5. The summed E-state index contributed by atoms with van der Waals surface area (Å²) in [7, 11) is 0. The van der Waals surface area contributed by atoms with Crippen LogP contribution in [-0.4, -0.2) is 4.57 Å². The third-order valence-electron chi connectivity index (χ3n) is 9.69. The lowest BCUT2D eigenvalue weighted by atomic mass is 9.78. The van der Waals surface area contributed by atoms with Crippen molar-refractivity contribution in [3.63, 3.8) is 0 Å². The Morgan fingerprint density at radius 2 is 1.10 bits per heavy atom. The van der Waals surface area contributed by atoms with E-state index in [0.29, 0.717) is 50.2 Å². The van der Waals surface area contributed by atoms with Crippen LogP contribution in [0.25, 0.3) is 56.0 Å². The Hall–Kier alpha value is -7.38. The molecule has 2 N–H and O–H groups in total. The molecule has 0 saturated heterocycles. The summed E-state index contributed by atoms with van der Waals surface area (Å²) in [5, 5.41) is 41.1. The van der Waals surface area contributed by atoms with Gasteiger partial charge in [0.2, 0.25) is 0 Å². The molecule has 0 bridgehead atoms. The highest BCUT2D eigenvalue weighted by Crippen LogP contribution is 2.52. The highest BCUT2D eigenvalue weighted by Gasteiger charge is 2.33. The van der Waals surface area contributed by atoms with Crippen molar-refractivity contribution in [2.24, 2.45) is 5.92 Å². The highest BCUT2D eigenvalue weighted by molar-refractivity contribution is 6.06. The molecule has 0 saturated carbocycles. The molecule has 0 amide bonds. The molecule has 0 spiro atoms. The van der Waals surface area contributed by atoms with Gasteiger partial charge < -0.3 is 10.3 Å². The molecule has 0 fully saturated rings. The molecule has 1 unspecified atom stereocenters. The second-order valence-corrected chi connectivity index (χ2v) is 12.3. The molecular weight excluding hydrogens is 613 g/mol. The van der Waals surface area contributed by atoms with E-state index in [-0.39, 0.29) is 11.8 Å². The zero-order valence-electron chi connectivity index (χ0n) is 26.7. The average molecular weight is 639 g/mol. The smallest absolute Gasteiger partial charge is 0.101 e. The number of rotatable bonds is 4. The van der Waals surface area contributed by atoms with Gasteiger partial charge in [0.15, 0.2) is 0 Å². The number of allylic oxidation sites excluding steroid dienone is 5. The van der Waals surface area contributed by atoms with Crippen LogP contribution < -0.4 is 5.73 Å². The number of nitriles is 4. The molecule has 6 aromatic rings. The predicted octanol–water partition coefficient (Wildman–Crippen LogP) is 9.55. The Kier molecular flexibility index (Phi) is 7.20. The molecule has 1 aromatic heterocycles. The van der Waals surface area contributed by atoms with Crippen LogP contribution in [0.3, 0.4) is 0 Å². The van der Waals surface area contributed by atoms with E-state index in [0.717, 1.165) is 33.4 Å². The Labute approximate surface area is 289 Å². The molecule has 2 aliphatic carbocycles. The Morgan fingerprint density at radius 3 is 1.68 bits per heavy atom. The second kappa shape index (κ2) is 12.0. The van der Waals surface area contributed by atoms with Gasteiger partial charge >= 0.3 is 0 Å². The van der Waals surface area contributed by atoms with Crippen LogP contribution in [0, 0.1) is 51.2 Å². The van der Waals surface area contributed by atoms with Crippen molar-refractivity contribution < 1.29 is 0 Å². The lowest BCUT2D eigenvalue weighted by Crippen LogP contribution is -2.15. The number of para-hydroxylation sites is 1. The van der Waals surface area contributed by atoms with Crippen LogP contribution in [-0.2, 0) is 0 Å². The zero-order valence-corrected chi connectivity index (χ0v) is 26.7. The molecule has 8 rings (SSSR count). The summed E-state index contributed by atoms with van der Waals surface area (Å²) in [4.78, 5) is 0. The van der Waals surface area contributed by atoms with Crippen molar-refractivity contribution in [1.82, 2.24) is 4.57 Å². The molecule has 50 heavy (non-hydrogen) atoms. The number of benzene rings is 5. The average Bonchev–Trinajstić information content (AvgIpc) is 3.52. The van der Waals surface area contributed by atoms with Crippen molar-refractivity contribution >= 4 is 22.7 Å². The first-order valence-electron chi connectivity index (χ1n) is 16.1. The fourth-order valence-corrected chi connectivity index (χ4v) is 7.44. The van der Waals surface area contributed by atoms with Crippen LogP contribution in [0.5, 0.6) is 0 Å². The Bertz CT molecular complexity index is 2620. The maximum atomic E-state index is 11.1. The highest BCUT2D eigenvalue weighted by atomic mass is 15.0. The minimum atomic E-state index is 0.119. The van der Waals surface area contributed by atoms with Crippen LogP contribution in [0.2, 0.25) is 0 Å². The monoisotopic (exact) mass is 638 g/mol. The van der Waals surface area contributed by atoms with E-state index < -0.39 is 0 Å². The summed E-state index contributed by atoms with van der Waals surface area (Å²) in [5.74, 6) is 0.329. The van der Waals surface area contributed by atoms with Crippen molar-refractivity contribution in [3.8, 4) is 63.3 Å². The molecule has 1 heterocycles. The molecule has 2 aliphatic rings. The van der Waals surface area contributed by atoms with Crippen LogP contribution in [0.1, 0.15) is 39.4 Å². The molecule has 0 aliphatic heterocycles. The van der Waals surface area contributed by atoms with Gasteiger partial charge in [-0.15, -0.1) is 0 Å². The van der Waals surface area contributed by atoms with Gasteiger partial charge in [-0.1, -0.05) is 85.0 Å². The molecule has 2 atom stereocenters. The molecular formula is C44H26N6. The summed E-state index contributed by atoms with van der Waals surface area (Å²) in [6.45, 7) is 0.